The van der Waals surface area contributed by atoms with Gasteiger partial charge in [-0.2, -0.15) is 4.31 Å². The molecule has 1 amide bonds. The SMILES string of the molecule is COc1ccc([C@@H](C)NC(=O)CN(C)S(=O)(=O)c2ccc(F)cc2)cc1OC. The molecule has 0 aromatic heterocycles. The molecule has 28 heavy (non-hydrogen) atoms. The second-order valence-electron chi connectivity index (χ2n) is 6.12. The Bertz CT molecular complexity index is 932. The predicted octanol–water partition coefficient (Wildman–Crippen LogP) is 2.34. The molecule has 2 aromatic rings. The summed E-state index contributed by atoms with van der Waals surface area (Å²) in [4.78, 5) is 12.2. The average molecular weight is 410 g/mol. The number of nitrogens with zero attached hydrogens (tertiary/aromatic N) is 1. The lowest BCUT2D eigenvalue weighted by atomic mass is 10.1. The minimum atomic E-state index is -3.90. The fraction of sp³-hybridized carbons (Fsp3) is 0.316. The van der Waals surface area contributed by atoms with Gasteiger partial charge < -0.3 is 14.8 Å². The minimum absolute atomic E-state index is 0.0860. The zero-order valence-corrected chi connectivity index (χ0v) is 16.9. The van der Waals surface area contributed by atoms with E-state index in [0.29, 0.717) is 11.5 Å². The van der Waals surface area contributed by atoms with Gasteiger partial charge in [0.25, 0.3) is 0 Å². The Morgan fingerprint density at radius 1 is 1.11 bits per heavy atom. The molecule has 0 spiro atoms. The summed E-state index contributed by atoms with van der Waals surface area (Å²) in [5.41, 5.74) is 0.773. The fourth-order valence-electron chi connectivity index (χ4n) is 2.57. The van der Waals surface area contributed by atoms with Crippen molar-refractivity contribution in [3.05, 3.63) is 53.8 Å². The third-order valence-corrected chi connectivity index (χ3v) is 5.99. The van der Waals surface area contributed by atoms with Crippen LogP contribution in [-0.2, 0) is 14.8 Å². The van der Waals surface area contributed by atoms with Crippen LogP contribution in [0.4, 0.5) is 4.39 Å². The molecule has 0 aliphatic carbocycles. The zero-order valence-electron chi connectivity index (χ0n) is 16.1. The summed E-state index contributed by atoms with van der Waals surface area (Å²) in [5, 5.41) is 2.75. The van der Waals surface area contributed by atoms with E-state index in [4.69, 9.17) is 9.47 Å². The molecule has 0 aliphatic rings. The van der Waals surface area contributed by atoms with Crippen molar-refractivity contribution < 1.29 is 27.1 Å². The van der Waals surface area contributed by atoms with Crippen LogP contribution in [0.5, 0.6) is 11.5 Å². The number of halogens is 1. The first-order valence-electron chi connectivity index (χ1n) is 8.42. The van der Waals surface area contributed by atoms with Gasteiger partial charge in [0.2, 0.25) is 15.9 Å². The zero-order chi connectivity index (χ0) is 20.9. The number of hydrogen-bond donors (Lipinski definition) is 1. The Morgan fingerprint density at radius 3 is 2.29 bits per heavy atom. The number of likely N-dealkylation sites (N-methyl/N-ethyl adjacent to an activating group) is 1. The van der Waals surface area contributed by atoms with Crippen LogP contribution in [0.2, 0.25) is 0 Å². The van der Waals surface area contributed by atoms with Gasteiger partial charge in [-0.25, -0.2) is 12.8 Å². The number of carbonyl (C=O) groups is 1. The van der Waals surface area contributed by atoms with Crippen molar-refractivity contribution >= 4 is 15.9 Å². The molecule has 0 saturated carbocycles. The number of sulfonamides is 1. The van der Waals surface area contributed by atoms with Crippen LogP contribution < -0.4 is 14.8 Å². The van der Waals surface area contributed by atoms with Gasteiger partial charge in [-0.3, -0.25) is 4.79 Å². The fourth-order valence-corrected chi connectivity index (χ4v) is 3.69. The average Bonchev–Trinajstić information content (AvgIpc) is 2.67. The second-order valence-corrected chi connectivity index (χ2v) is 8.16. The molecule has 1 N–H and O–H groups in total. The highest BCUT2D eigenvalue weighted by Gasteiger charge is 2.23. The second kappa shape index (κ2) is 9.03. The lowest BCUT2D eigenvalue weighted by Crippen LogP contribution is -2.39. The van der Waals surface area contributed by atoms with E-state index in [0.717, 1.165) is 34.1 Å². The molecule has 0 aliphatic heterocycles. The van der Waals surface area contributed by atoms with E-state index in [1.807, 2.05) is 0 Å². The topological polar surface area (TPSA) is 84.9 Å². The number of benzene rings is 2. The molecule has 0 fully saturated rings. The van der Waals surface area contributed by atoms with Crippen LogP contribution >= 0.6 is 0 Å². The maximum Gasteiger partial charge on any atom is 0.243 e. The van der Waals surface area contributed by atoms with Crippen molar-refractivity contribution in [2.45, 2.75) is 17.9 Å². The van der Waals surface area contributed by atoms with Gasteiger partial charge in [0.15, 0.2) is 11.5 Å². The van der Waals surface area contributed by atoms with E-state index >= 15 is 0 Å². The van der Waals surface area contributed by atoms with E-state index in [9.17, 15) is 17.6 Å². The van der Waals surface area contributed by atoms with Crippen LogP contribution in [0, 0.1) is 5.82 Å². The number of nitrogens with one attached hydrogen (secondary N) is 1. The van der Waals surface area contributed by atoms with Gasteiger partial charge in [-0.15, -0.1) is 0 Å². The maximum atomic E-state index is 13.0. The highest BCUT2D eigenvalue weighted by molar-refractivity contribution is 7.89. The Labute approximate surface area is 164 Å². The smallest absolute Gasteiger partial charge is 0.243 e. The Kier molecular flexibility index (Phi) is 6.98. The van der Waals surface area contributed by atoms with Crippen molar-refractivity contribution in [2.24, 2.45) is 0 Å². The first-order chi connectivity index (χ1) is 13.2. The summed E-state index contributed by atoms with van der Waals surface area (Å²) >= 11 is 0. The van der Waals surface area contributed by atoms with Crippen molar-refractivity contribution in [1.82, 2.24) is 9.62 Å². The third kappa shape index (κ3) is 4.99. The molecular formula is C19H23FN2O5S. The minimum Gasteiger partial charge on any atom is -0.493 e. The monoisotopic (exact) mass is 410 g/mol. The van der Waals surface area contributed by atoms with Gasteiger partial charge in [0.05, 0.1) is 31.7 Å². The van der Waals surface area contributed by atoms with Gasteiger partial charge in [0.1, 0.15) is 5.82 Å². The molecule has 1 atom stereocenters. The summed E-state index contributed by atoms with van der Waals surface area (Å²) in [7, 11) is 0.431. The van der Waals surface area contributed by atoms with Crippen molar-refractivity contribution in [3.63, 3.8) is 0 Å². The van der Waals surface area contributed by atoms with E-state index in [2.05, 4.69) is 5.32 Å². The molecule has 152 valence electrons. The highest BCUT2D eigenvalue weighted by atomic mass is 32.2. The summed E-state index contributed by atoms with van der Waals surface area (Å²) in [6.07, 6.45) is 0. The van der Waals surface area contributed by atoms with Gasteiger partial charge >= 0.3 is 0 Å². The van der Waals surface area contributed by atoms with Crippen molar-refractivity contribution in [1.29, 1.82) is 0 Å². The molecular weight excluding hydrogens is 387 g/mol. The summed E-state index contributed by atoms with van der Waals surface area (Å²) in [5.74, 6) is 0.0746. The Hall–Kier alpha value is -2.65. The normalized spacial score (nSPS) is 12.5. The highest BCUT2D eigenvalue weighted by Crippen LogP contribution is 2.29. The van der Waals surface area contributed by atoms with E-state index < -0.39 is 21.7 Å². The van der Waals surface area contributed by atoms with Gasteiger partial charge in [-0.05, 0) is 48.9 Å². The molecule has 0 heterocycles. The van der Waals surface area contributed by atoms with Gasteiger partial charge in [0, 0.05) is 7.05 Å². The van der Waals surface area contributed by atoms with Crippen LogP contribution in [0.3, 0.4) is 0 Å². The molecule has 9 heteroatoms. The third-order valence-electron chi connectivity index (χ3n) is 4.17. The number of hydrogen-bond acceptors (Lipinski definition) is 5. The van der Waals surface area contributed by atoms with Crippen LogP contribution in [0.15, 0.2) is 47.4 Å². The van der Waals surface area contributed by atoms with E-state index in [1.54, 1.807) is 25.1 Å². The lowest BCUT2D eigenvalue weighted by Gasteiger charge is -2.20. The summed E-state index contributed by atoms with van der Waals surface area (Å²) in [6.45, 7) is 1.39. The number of ether oxygens (including phenoxy) is 2. The Balaban J connectivity index is 2.05. The van der Waals surface area contributed by atoms with Crippen molar-refractivity contribution in [2.75, 3.05) is 27.8 Å². The van der Waals surface area contributed by atoms with Crippen molar-refractivity contribution in [3.8, 4) is 11.5 Å². The summed E-state index contributed by atoms with van der Waals surface area (Å²) in [6, 6.07) is 9.29. The largest absolute Gasteiger partial charge is 0.493 e. The number of rotatable bonds is 8. The lowest BCUT2D eigenvalue weighted by molar-refractivity contribution is -0.121. The summed E-state index contributed by atoms with van der Waals surface area (Å²) < 4.78 is 49.3. The maximum absolute atomic E-state index is 13.0. The quantitative estimate of drug-likeness (QED) is 0.722. The van der Waals surface area contributed by atoms with Crippen LogP contribution in [-0.4, -0.2) is 46.4 Å². The van der Waals surface area contributed by atoms with Crippen LogP contribution in [0.1, 0.15) is 18.5 Å². The predicted molar refractivity (Wildman–Crippen MR) is 102 cm³/mol. The molecule has 2 rings (SSSR count). The molecule has 0 saturated heterocycles. The van der Waals surface area contributed by atoms with E-state index in [1.165, 1.54) is 21.3 Å². The van der Waals surface area contributed by atoms with Crippen LogP contribution in [0.25, 0.3) is 0 Å². The van der Waals surface area contributed by atoms with E-state index in [-0.39, 0.29) is 17.5 Å². The Morgan fingerprint density at radius 2 is 1.71 bits per heavy atom. The molecule has 7 nitrogen and oxygen atoms in total. The molecule has 0 radical (unpaired) electrons. The number of methoxy groups -OCH3 is 2. The molecule has 0 unspecified atom stereocenters. The number of carbonyl (C=O) groups excluding carboxylic acids is 1. The van der Waals surface area contributed by atoms with Gasteiger partial charge in [-0.1, -0.05) is 6.07 Å². The number of amides is 1. The standard InChI is InChI=1S/C19H23FN2O5S/c1-13(14-5-10-17(26-3)18(11-14)27-4)21-19(23)12-22(2)28(24,25)16-8-6-15(20)7-9-16/h5-11,13H,12H2,1-4H3,(H,21,23)/t13-/m1/s1. The molecule has 2 aromatic carbocycles. The first kappa shape index (κ1) is 21.6. The molecule has 0 bridgehead atoms. The first-order valence-corrected chi connectivity index (χ1v) is 9.86.